The van der Waals surface area contributed by atoms with Crippen LogP contribution < -0.4 is 9.64 Å². The minimum Gasteiger partial charge on any atom is -0.465 e. The van der Waals surface area contributed by atoms with Gasteiger partial charge in [0.15, 0.2) is 5.78 Å². The number of hydrogen-bond donors (Lipinski definition) is 0. The maximum atomic E-state index is 13.1. The molecule has 4 aromatic rings. The van der Waals surface area contributed by atoms with Crippen molar-refractivity contribution in [3.05, 3.63) is 83.9 Å². The molecular weight excluding hydrogens is 486 g/mol. The van der Waals surface area contributed by atoms with Gasteiger partial charge < -0.3 is 14.0 Å². The Hall–Kier alpha value is -5.04. The number of rotatable bonds is 9. The average molecular weight is 512 g/mol. The van der Waals surface area contributed by atoms with E-state index in [4.69, 9.17) is 14.7 Å². The lowest BCUT2D eigenvalue weighted by atomic mass is 10.0. The van der Waals surface area contributed by atoms with E-state index in [0.717, 1.165) is 16.0 Å². The highest BCUT2D eigenvalue weighted by molar-refractivity contribution is 6.08. The Morgan fingerprint density at radius 3 is 2.58 bits per heavy atom. The van der Waals surface area contributed by atoms with Crippen LogP contribution >= 0.6 is 0 Å². The molecule has 0 spiro atoms. The molecule has 2 heterocycles. The maximum absolute atomic E-state index is 13.1. The molecule has 0 fully saturated rings. The fourth-order valence-electron chi connectivity index (χ4n) is 3.97. The van der Waals surface area contributed by atoms with Crippen molar-refractivity contribution in [2.45, 2.75) is 19.8 Å². The molecule has 0 atom stereocenters. The number of Topliss-reactive ketones (excluding diaryl/α,β-unsaturated/α-hetero) is 1. The lowest BCUT2D eigenvalue weighted by Crippen LogP contribution is -2.39. The molecule has 0 radical (unpaired) electrons. The van der Waals surface area contributed by atoms with Crippen LogP contribution in [0.2, 0.25) is 0 Å². The van der Waals surface area contributed by atoms with Gasteiger partial charge in [-0.3, -0.25) is 9.59 Å². The number of nitrogens with zero attached hydrogens (tertiary/aromatic N) is 5. The molecule has 38 heavy (non-hydrogen) atoms. The summed E-state index contributed by atoms with van der Waals surface area (Å²) in [6, 6.07) is 15.7. The summed E-state index contributed by atoms with van der Waals surface area (Å²) in [7, 11) is 1.83. The normalized spacial score (nSPS) is 10.6. The molecule has 0 bridgehead atoms. The van der Waals surface area contributed by atoms with Crippen molar-refractivity contribution < 1.29 is 23.9 Å². The summed E-state index contributed by atoms with van der Waals surface area (Å²) in [5, 5.41) is 9.60. The summed E-state index contributed by atoms with van der Waals surface area (Å²) >= 11 is 0. The maximum Gasteiger partial charge on any atom is 0.421 e. The third-order valence-corrected chi connectivity index (χ3v) is 5.85. The van der Waals surface area contributed by atoms with Crippen LogP contribution in [0.1, 0.15) is 34.8 Å². The highest BCUT2D eigenvalue weighted by atomic mass is 16.6. The van der Waals surface area contributed by atoms with E-state index in [0.29, 0.717) is 22.9 Å². The molecule has 1 amide bonds. The van der Waals surface area contributed by atoms with Crippen molar-refractivity contribution in [1.29, 1.82) is 5.26 Å². The van der Waals surface area contributed by atoms with Crippen molar-refractivity contribution in [2.75, 3.05) is 18.1 Å². The van der Waals surface area contributed by atoms with E-state index in [1.54, 1.807) is 43.5 Å². The molecule has 0 aliphatic heterocycles. The summed E-state index contributed by atoms with van der Waals surface area (Å²) in [5.74, 6) is -0.291. The quantitative estimate of drug-likeness (QED) is 0.241. The Labute approximate surface area is 219 Å². The van der Waals surface area contributed by atoms with Crippen molar-refractivity contribution in [1.82, 2.24) is 14.5 Å². The summed E-state index contributed by atoms with van der Waals surface area (Å²) in [5.41, 5.74) is 2.83. The van der Waals surface area contributed by atoms with Gasteiger partial charge in [0.05, 0.1) is 18.2 Å². The summed E-state index contributed by atoms with van der Waals surface area (Å²) < 4.78 is 12.4. The number of ketones is 1. The molecule has 0 unspecified atom stereocenters. The van der Waals surface area contributed by atoms with Gasteiger partial charge in [0, 0.05) is 42.3 Å². The standard InChI is InChI=1S/C28H25N5O5/c1-3-37-27(35)17-33(26-12-13-30-18-31-26)28(36)38-21-9-10-24-22(14-21)23(16-32(24)2)25(34)11-8-19-4-6-20(15-29)7-5-19/h4-7,9-10,12-14,16,18H,3,8,11,17H2,1-2H3. The van der Waals surface area contributed by atoms with Gasteiger partial charge in [-0.25, -0.2) is 19.7 Å². The number of carbonyl (C=O) groups excluding carboxylic acids is 3. The van der Waals surface area contributed by atoms with Gasteiger partial charge in [0.1, 0.15) is 24.4 Å². The van der Waals surface area contributed by atoms with Gasteiger partial charge >= 0.3 is 12.1 Å². The molecule has 0 N–H and O–H groups in total. The predicted molar refractivity (Wildman–Crippen MR) is 139 cm³/mol. The first-order valence-electron chi connectivity index (χ1n) is 11.9. The van der Waals surface area contributed by atoms with Crippen LogP contribution in [0, 0.1) is 11.3 Å². The van der Waals surface area contributed by atoms with Crippen LogP contribution in [-0.4, -0.2) is 45.5 Å². The number of benzene rings is 2. The minimum atomic E-state index is -0.833. The van der Waals surface area contributed by atoms with E-state index in [1.807, 2.05) is 23.7 Å². The van der Waals surface area contributed by atoms with E-state index in [2.05, 4.69) is 16.0 Å². The third kappa shape index (κ3) is 6.02. The number of ether oxygens (including phenoxy) is 2. The van der Waals surface area contributed by atoms with Gasteiger partial charge in [0.2, 0.25) is 0 Å². The number of aromatic nitrogens is 3. The first-order valence-corrected chi connectivity index (χ1v) is 11.9. The van der Waals surface area contributed by atoms with E-state index in [-0.39, 0.29) is 30.4 Å². The van der Waals surface area contributed by atoms with E-state index in [9.17, 15) is 14.4 Å². The Kier molecular flexibility index (Phi) is 8.08. The number of hydrogen-bond acceptors (Lipinski definition) is 8. The first-order chi connectivity index (χ1) is 18.4. The van der Waals surface area contributed by atoms with Crippen LogP contribution in [0.4, 0.5) is 10.6 Å². The van der Waals surface area contributed by atoms with Crippen LogP contribution in [0.25, 0.3) is 10.9 Å². The van der Waals surface area contributed by atoms with Crippen molar-refractivity contribution in [3.63, 3.8) is 0 Å². The molecule has 0 saturated carbocycles. The van der Waals surface area contributed by atoms with Gasteiger partial charge in [-0.15, -0.1) is 0 Å². The molecule has 10 heteroatoms. The molecule has 0 aliphatic carbocycles. The number of carbonyl (C=O) groups is 3. The zero-order chi connectivity index (χ0) is 27.1. The zero-order valence-corrected chi connectivity index (χ0v) is 21.0. The molecule has 2 aromatic heterocycles. The second-order valence-corrected chi connectivity index (χ2v) is 8.39. The van der Waals surface area contributed by atoms with Gasteiger partial charge in [0.25, 0.3) is 0 Å². The average Bonchev–Trinajstić information content (AvgIpc) is 3.26. The third-order valence-electron chi connectivity index (χ3n) is 5.85. The summed E-state index contributed by atoms with van der Waals surface area (Å²) in [6.07, 6.45) is 4.42. The smallest absolute Gasteiger partial charge is 0.421 e. The minimum absolute atomic E-state index is 0.0617. The van der Waals surface area contributed by atoms with Crippen LogP contribution in [0.15, 0.2) is 67.3 Å². The van der Waals surface area contributed by atoms with E-state index >= 15 is 0 Å². The van der Waals surface area contributed by atoms with E-state index < -0.39 is 18.6 Å². The van der Waals surface area contributed by atoms with Crippen LogP contribution in [-0.2, 0) is 23.0 Å². The topological polar surface area (TPSA) is 127 Å². The lowest BCUT2D eigenvalue weighted by Gasteiger charge is -2.20. The Morgan fingerprint density at radius 2 is 1.89 bits per heavy atom. The molecule has 192 valence electrons. The van der Waals surface area contributed by atoms with Gasteiger partial charge in [-0.1, -0.05) is 12.1 Å². The monoisotopic (exact) mass is 511 g/mol. The molecule has 0 aliphatic rings. The van der Waals surface area contributed by atoms with E-state index in [1.165, 1.54) is 18.6 Å². The Morgan fingerprint density at radius 1 is 1.11 bits per heavy atom. The fourth-order valence-corrected chi connectivity index (χ4v) is 3.97. The van der Waals surface area contributed by atoms with Crippen LogP contribution in [0.5, 0.6) is 5.75 Å². The molecule has 10 nitrogen and oxygen atoms in total. The van der Waals surface area contributed by atoms with Crippen molar-refractivity contribution in [3.8, 4) is 11.8 Å². The highest BCUT2D eigenvalue weighted by Crippen LogP contribution is 2.27. The Bertz CT molecular complexity index is 1510. The van der Waals surface area contributed by atoms with Crippen LogP contribution in [0.3, 0.4) is 0 Å². The summed E-state index contributed by atoms with van der Waals surface area (Å²) in [4.78, 5) is 47.2. The molecular formula is C28H25N5O5. The highest BCUT2D eigenvalue weighted by Gasteiger charge is 2.24. The second kappa shape index (κ2) is 11.8. The van der Waals surface area contributed by atoms with Gasteiger partial charge in [-0.2, -0.15) is 5.26 Å². The van der Waals surface area contributed by atoms with Crippen molar-refractivity contribution in [2.24, 2.45) is 7.05 Å². The second-order valence-electron chi connectivity index (χ2n) is 8.39. The number of nitriles is 1. The number of fused-ring (bicyclic) bond motifs is 1. The first kappa shape index (κ1) is 26.0. The Balaban J connectivity index is 1.54. The predicted octanol–water partition coefficient (Wildman–Crippen LogP) is 4.22. The molecule has 2 aromatic carbocycles. The molecule has 0 saturated heterocycles. The number of anilines is 1. The van der Waals surface area contributed by atoms with Gasteiger partial charge in [-0.05, 0) is 55.3 Å². The SMILES string of the molecule is CCOC(=O)CN(C(=O)Oc1ccc2c(c1)c(C(=O)CCc1ccc(C#N)cc1)cn2C)c1ccncn1. The summed E-state index contributed by atoms with van der Waals surface area (Å²) in [6.45, 7) is 1.44. The molecule has 4 rings (SSSR count). The van der Waals surface area contributed by atoms with Crippen molar-refractivity contribution >= 4 is 34.6 Å². The number of aryl methyl sites for hydroxylation is 2. The number of amides is 1. The fraction of sp³-hybridized carbons (Fsp3) is 0.214. The lowest BCUT2D eigenvalue weighted by molar-refractivity contribution is -0.141. The largest absolute Gasteiger partial charge is 0.465 e. The zero-order valence-electron chi connectivity index (χ0n) is 21.0. The number of esters is 1.